The molecule has 0 aromatic heterocycles. The molecule has 1 aromatic rings. The van der Waals surface area contributed by atoms with E-state index >= 15 is 0 Å². The van der Waals surface area contributed by atoms with Crippen LogP contribution in [0.5, 0.6) is 5.75 Å². The van der Waals surface area contributed by atoms with Crippen molar-refractivity contribution in [3.8, 4) is 11.8 Å². The molecule has 1 aromatic carbocycles. The van der Waals surface area contributed by atoms with Crippen molar-refractivity contribution < 1.29 is 4.74 Å². The van der Waals surface area contributed by atoms with Crippen LogP contribution in [-0.2, 0) is 6.54 Å². The molecule has 1 aliphatic heterocycles. The van der Waals surface area contributed by atoms with Gasteiger partial charge in [0.15, 0.2) is 0 Å². The van der Waals surface area contributed by atoms with E-state index in [2.05, 4.69) is 23.1 Å². The van der Waals surface area contributed by atoms with Gasteiger partial charge >= 0.3 is 0 Å². The number of rotatable bonds is 6. The van der Waals surface area contributed by atoms with Crippen molar-refractivity contribution in [2.45, 2.75) is 32.2 Å². The molecule has 3 nitrogen and oxygen atoms in total. The Balaban J connectivity index is 1.82. The van der Waals surface area contributed by atoms with Crippen LogP contribution in [0.4, 0.5) is 0 Å². The monoisotopic (exact) mass is 244 g/mol. The zero-order chi connectivity index (χ0) is 12.6. The molecule has 1 aliphatic rings. The maximum atomic E-state index is 8.46. The van der Waals surface area contributed by atoms with Gasteiger partial charge in [-0.05, 0) is 50.0 Å². The minimum absolute atomic E-state index is 0.563. The molecule has 1 heterocycles. The first-order valence-electron chi connectivity index (χ1n) is 6.69. The summed E-state index contributed by atoms with van der Waals surface area (Å²) < 4.78 is 5.64. The number of nitriles is 1. The van der Waals surface area contributed by atoms with Crippen molar-refractivity contribution in [1.82, 2.24) is 4.90 Å². The van der Waals surface area contributed by atoms with Gasteiger partial charge in [0.05, 0.1) is 12.7 Å². The average Bonchev–Trinajstić information content (AvgIpc) is 2.88. The summed E-state index contributed by atoms with van der Waals surface area (Å²) in [5, 5.41) is 8.46. The quantitative estimate of drug-likeness (QED) is 0.722. The predicted octanol–water partition coefficient (Wildman–Crippen LogP) is 2.96. The Kier molecular flexibility index (Phi) is 5.04. The van der Waals surface area contributed by atoms with Gasteiger partial charge in [-0.1, -0.05) is 12.1 Å². The highest BCUT2D eigenvalue weighted by atomic mass is 16.5. The van der Waals surface area contributed by atoms with E-state index in [0.717, 1.165) is 18.7 Å². The van der Waals surface area contributed by atoms with Crippen LogP contribution in [0.3, 0.4) is 0 Å². The lowest BCUT2D eigenvalue weighted by atomic mass is 10.2. The van der Waals surface area contributed by atoms with Crippen LogP contribution in [0.2, 0.25) is 0 Å². The minimum Gasteiger partial charge on any atom is -0.494 e. The largest absolute Gasteiger partial charge is 0.494 e. The molecule has 0 saturated carbocycles. The van der Waals surface area contributed by atoms with Crippen LogP contribution in [0.15, 0.2) is 24.3 Å². The second-order valence-electron chi connectivity index (χ2n) is 4.74. The van der Waals surface area contributed by atoms with E-state index in [1.54, 1.807) is 0 Å². The van der Waals surface area contributed by atoms with Gasteiger partial charge < -0.3 is 4.74 Å². The smallest absolute Gasteiger partial charge is 0.119 e. The molecule has 0 unspecified atom stereocenters. The van der Waals surface area contributed by atoms with E-state index in [9.17, 15) is 0 Å². The topological polar surface area (TPSA) is 36.3 Å². The number of unbranched alkanes of at least 4 members (excludes halogenated alkanes) is 1. The molecule has 2 rings (SSSR count). The molecule has 1 saturated heterocycles. The summed E-state index contributed by atoms with van der Waals surface area (Å²) in [5.41, 5.74) is 1.31. The fourth-order valence-electron chi connectivity index (χ4n) is 2.27. The fraction of sp³-hybridized carbons (Fsp3) is 0.533. The van der Waals surface area contributed by atoms with Crippen molar-refractivity contribution in [3.05, 3.63) is 29.8 Å². The molecule has 0 spiro atoms. The zero-order valence-electron chi connectivity index (χ0n) is 10.8. The third-order valence-corrected chi connectivity index (χ3v) is 3.20. The van der Waals surface area contributed by atoms with Gasteiger partial charge in [-0.3, -0.25) is 4.90 Å². The number of nitrogens with zero attached hydrogens (tertiary/aromatic N) is 2. The van der Waals surface area contributed by atoms with Crippen molar-refractivity contribution in [2.24, 2.45) is 0 Å². The van der Waals surface area contributed by atoms with E-state index in [-0.39, 0.29) is 0 Å². The maximum Gasteiger partial charge on any atom is 0.119 e. The molecule has 96 valence electrons. The summed E-state index contributed by atoms with van der Waals surface area (Å²) >= 11 is 0. The lowest BCUT2D eigenvalue weighted by molar-refractivity contribution is 0.309. The van der Waals surface area contributed by atoms with Gasteiger partial charge in [-0.25, -0.2) is 0 Å². The maximum absolute atomic E-state index is 8.46. The Morgan fingerprint density at radius 3 is 2.89 bits per heavy atom. The molecular formula is C15H20N2O. The van der Waals surface area contributed by atoms with Gasteiger partial charge in [0.2, 0.25) is 0 Å². The Morgan fingerprint density at radius 1 is 1.28 bits per heavy atom. The van der Waals surface area contributed by atoms with E-state index in [1.807, 2.05) is 12.1 Å². The molecule has 3 heteroatoms. The van der Waals surface area contributed by atoms with Crippen molar-refractivity contribution in [1.29, 1.82) is 5.26 Å². The number of hydrogen-bond acceptors (Lipinski definition) is 3. The normalized spacial score (nSPS) is 15.5. The highest BCUT2D eigenvalue weighted by Crippen LogP contribution is 2.17. The molecule has 0 radical (unpaired) electrons. The minimum atomic E-state index is 0.563. The van der Waals surface area contributed by atoms with Crippen LogP contribution in [0.1, 0.15) is 31.2 Å². The Bertz CT molecular complexity index is 405. The van der Waals surface area contributed by atoms with Crippen molar-refractivity contribution >= 4 is 0 Å². The van der Waals surface area contributed by atoms with E-state index in [1.165, 1.54) is 31.5 Å². The fourth-order valence-corrected chi connectivity index (χ4v) is 2.27. The van der Waals surface area contributed by atoms with Crippen LogP contribution < -0.4 is 4.74 Å². The van der Waals surface area contributed by atoms with Gasteiger partial charge in [-0.2, -0.15) is 5.26 Å². The molecule has 0 amide bonds. The number of hydrogen-bond donors (Lipinski definition) is 0. The van der Waals surface area contributed by atoms with Crippen LogP contribution >= 0.6 is 0 Å². The summed E-state index contributed by atoms with van der Waals surface area (Å²) in [6.45, 7) is 4.08. The highest BCUT2D eigenvalue weighted by molar-refractivity contribution is 5.28. The Hall–Kier alpha value is -1.53. The first kappa shape index (κ1) is 12.9. The van der Waals surface area contributed by atoms with Crippen molar-refractivity contribution in [3.63, 3.8) is 0 Å². The molecule has 18 heavy (non-hydrogen) atoms. The molecule has 0 aliphatic carbocycles. The van der Waals surface area contributed by atoms with E-state index in [0.29, 0.717) is 13.0 Å². The lowest BCUT2D eigenvalue weighted by Crippen LogP contribution is -2.18. The molecule has 0 atom stereocenters. The molecular weight excluding hydrogens is 224 g/mol. The third kappa shape index (κ3) is 4.05. The summed E-state index contributed by atoms with van der Waals surface area (Å²) in [6.07, 6.45) is 4.01. The average molecular weight is 244 g/mol. The first-order valence-corrected chi connectivity index (χ1v) is 6.69. The van der Waals surface area contributed by atoms with E-state index in [4.69, 9.17) is 10.00 Å². The Morgan fingerprint density at radius 2 is 2.11 bits per heavy atom. The summed E-state index contributed by atoms with van der Waals surface area (Å²) in [6, 6.07) is 10.4. The summed E-state index contributed by atoms with van der Waals surface area (Å²) in [7, 11) is 0. The van der Waals surface area contributed by atoms with Crippen LogP contribution in [0, 0.1) is 11.3 Å². The molecule has 0 bridgehead atoms. The van der Waals surface area contributed by atoms with Crippen LogP contribution in [0.25, 0.3) is 0 Å². The highest BCUT2D eigenvalue weighted by Gasteiger charge is 2.11. The Labute approximate surface area is 109 Å². The van der Waals surface area contributed by atoms with Gasteiger partial charge in [0.1, 0.15) is 5.75 Å². The van der Waals surface area contributed by atoms with Gasteiger partial charge in [0, 0.05) is 13.0 Å². The van der Waals surface area contributed by atoms with Crippen molar-refractivity contribution in [2.75, 3.05) is 19.7 Å². The first-order chi connectivity index (χ1) is 8.88. The summed E-state index contributed by atoms with van der Waals surface area (Å²) in [4.78, 5) is 2.48. The molecule has 0 N–H and O–H groups in total. The third-order valence-electron chi connectivity index (χ3n) is 3.20. The molecule has 1 fully saturated rings. The van der Waals surface area contributed by atoms with E-state index < -0.39 is 0 Å². The zero-order valence-corrected chi connectivity index (χ0v) is 10.8. The SMILES string of the molecule is N#CCCCOc1cccc(CN2CCCC2)c1. The lowest BCUT2D eigenvalue weighted by Gasteiger charge is -2.15. The van der Waals surface area contributed by atoms with Crippen LogP contribution in [-0.4, -0.2) is 24.6 Å². The van der Waals surface area contributed by atoms with Gasteiger partial charge in [-0.15, -0.1) is 0 Å². The number of ether oxygens (including phenoxy) is 1. The number of benzene rings is 1. The standard InChI is InChI=1S/C15H20N2O/c16-8-1-4-11-18-15-7-5-6-14(12-15)13-17-9-2-3-10-17/h5-7,12H,1-4,9-11,13H2. The van der Waals surface area contributed by atoms with Gasteiger partial charge in [0.25, 0.3) is 0 Å². The predicted molar refractivity (Wildman–Crippen MR) is 71.3 cm³/mol. The second-order valence-corrected chi connectivity index (χ2v) is 4.74. The number of likely N-dealkylation sites (tertiary alicyclic amines) is 1. The summed E-state index contributed by atoms with van der Waals surface area (Å²) in [5.74, 6) is 0.921. The second kappa shape index (κ2) is 7.03.